The standard InChI is InChI=1S/C8H15N3O/c9-11-7(12)10-8(4-5-8)6-2-1-3-6/h6H,1-5,9H2,(H2,10,11,12). The van der Waals surface area contributed by atoms with Crippen LogP contribution in [0.4, 0.5) is 4.79 Å². The summed E-state index contributed by atoms with van der Waals surface area (Å²) in [5.74, 6) is 5.72. The first-order valence-electron chi connectivity index (χ1n) is 4.56. The van der Waals surface area contributed by atoms with E-state index in [-0.39, 0.29) is 11.6 Å². The highest BCUT2D eigenvalue weighted by Gasteiger charge is 2.52. The number of carbonyl (C=O) groups excluding carboxylic acids is 1. The van der Waals surface area contributed by atoms with Gasteiger partial charge in [0.05, 0.1) is 0 Å². The fourth-order valence-electron chi connectivity index (χ4n) is 1.99. The Kier molecular flexibility index (Phi) is 1.72. The first-order valence-corrected chi connectivity index (χ1v) is 4.56. The van der Waals surface area contributed by atoms with Crippen LogP contribution >= 0.6 is 0 Å². The largest absolute Gasteiger partial charge is 0.331 e. The van der Waals surface area contributed by atoms with Gasteiger partial charge in [-0.25, -0.2) is 10.6 Å². The Hall–Kier alpha value is -0.770. The van der Waals surface area contributed by atoms with Gasteiger partial charge in [0.1, 0.15) is 0 Å². The maximum atomic E-state index is 11.0. The van der Waals surface area contributed by atoms with E-state index in [2.05, 4.69) is 10.7 Å². The second-order valence-corrected chi connectivity index (χ2v) is 3.88. The van der Waals surface area contributed by atoms with Gasteiger partial charge in [-0.3, -0.25) is 5.43 Å². The molecule has 0 aromatic rings. The summed E-state index contributed by atoms with van der Waals surface area (Å²) in [6.45, 7) is 0. The zero-order chi connectivity index (χ0) is 8.60. The minimum atomic E-state index is -0.237. The molecule has 12 heavy (non-hydrogen) atoms. The average molecular weight is 169 g/mol. The lowest BCUT2D eigenvalue weighted by Crippen LogP contribution is -2.50. The highest BCUT2D eigenvalue weighted by Crippen LogP contribution is 2.50. The summed E-state index contributed by atoms with van der Waals surface area (Å²) in [6, 6.07) is -0.237. The lowest BCUT2D eigenvalue weighted by molar-refractivity contribution is 0.197. The van der Waals surface area contributed by atoms with E-state index in [1.54, 1.807) is 0 Å². The number of carbonyl (C=O) groups is 1. The number of hydrogen-bond donors (Lipinski definition) is 3. The van der Waals surface area contributed by atoms with E-state index in [0.29, 0.717) is 0 Å². The molecule has 2 fully saturated rings. The molecule has 68 valence electrons. The van der Waals surface area contributed by atoms with Crippen LogP contribution in [-0.2, 0) is 0 Å². The van der Waals surface area contributed by atoms with E-state index in [1.165, 1.54) is 19.3 Å². The molecule has 4 nitrogen and oxygen atoms in total. The topological polar surface area (TPSA) is 67.1 Å². The summed E-state index contributed by atoms with van der Waals surface area (Å²) in [5, 5.41) is 2.94. The molecule has 2 saturated carbocycles. The van der Waals surface area contributed by atoms with Crippen molar-refractivity contribution in [2.24, 2.45) is 11.8 Å². The number of rotatable bonds is 2. The fraction of sp³-hybridized carbons (Fsp3) is 0.875. The van der Waals surface area contributed by atoms with Crippen molar-refractivity contribution in [2.45, 2.75) is 37.6 Å². The van der Waals surface area contributed by atoms with Crippen LogP contribution in [0.3, 0.4) is 0 Å². The van der Waals surface area contributed by atoms with E-state index in [4.69, 9.17) is 5.84 Å². The van der Waals surface area contributed by atoms with Crippen LogP contribution in [-0.4, -0.2) is 11.6 Å². The van der Waals surface area contributed by atoms with Crippen LogP contribution in [0.1, 0.15) is 32.1 Å². The quantitative estimate of drug-likeness (QED) is 0.320. The third-order valence-corrected chi connectivity index (χ3v) is 3.17. The Morgan fingerprint density at radius 1 is 1.42 bits per heavy atom. The van der Waals surface area contributed by atoms with Crippen LogP contribution < -0.4 is 16.6 Å². The monoisotopic (exact) mass is 169 g/mol. The van der Waals surface area contributed by atoms with Crippen molar-refractivity contribution in [3.8, 4) is 0 Å². The molecule has 2 aliphatic carbocycles. The van der Waals surface area contributed by atoms with Crippen molar-refractivity contribution < 1.29 is 4.79 Å². The molecule has 0 radical (unpaired) electrons. The van der Waals surface area contributed by atoms with Crippen LogP contribution in [0, 0.1) is 5.92 Å². The Morgan fingerprint density at radius 2 is 2.08 bits per heavy atom. The van der Waals surface area contributed by atoms with Crippen LogP contribution in [0.15, 0.2) is 0 Å². The van der Waals surface area contributed by atoms with E-state index < -0.39 is 0 Å². The van der Waals surface area contributed by atoms with Gasteiger partial charge in [-0.15, -0.1) is 0 Å². The minimum absolute atomic E-state index is 0.127. The van der Waals surface area contributed by atoms with Crippen molar-refractivity contribution in [3.63, 3.8) is 0 Å². The first kappa shape index (κ1) is 7.86. The summed E-state index contributed by atoms with van der Waals surface area (Å²) in [6.07, 6.45) is 6.12. The number of nitrogens with one attached hydrogen (secondary N) is 2. The maximum Gasteiger partial charge on any atom is 0.329 e. The molecule has 4 heteroatoms. The Labute approximate surface area is 71.9 Å². The molecule has 0 aliphatic heterocycles. The van der Waals surface area contributed by atoms with Crippen molar-refractivity contribution >= 4 is 6.03 Å². The molecule has 0 aromatic heterocycles. The third kappa shape index (κ3) is 1.16. The number of urea groups is 1. The Bertz CT molecular complexity index is 196. The smallest absolute Gasteiger partial charge is 0.329 e. The summed E-state index contributed by atoms with van der Waals surface area (Å²) in [7, 11) is 0. The SMILES string of the molecule is NNC(=O)NC1(C2CCC2)CC1. The van der Waals surface area contributed by atoms with Crippen LogP contribution in [0.5, 0.6) is 0 Å². The molecule has 4 N–H and O–H groups in total. The molecular weight excluding hydrogens is 154 g/mol. The van der Waals surface area contributed by atoms with E-state index in [9.17, 15) is 4.79 Å². The van der Waals surface area contributed by atoms with Crippen molar-refractivity contribution in [1.29, 1.82) is 0 Å². The van der Waals surface area contributed by atoms with Crippen molar-refractivity contribution in [1.82, 2.24) is 10.7 Å². The normalized spacial score (nSPS) is 25.8. The van der Waals surface area contributed by atoms with Gasteiger partial charge in [0.15, 0.2) is 0 Å². The number of hydrazine groups is 1. The van der Waals surface area contributed by atoms with Gasteiger partial charge in [-0.1, -0.05) is 6.42 Å². The highest BCUT2D eigenvalue weighted by molar-refractivity contribution is 5.74. The zero-order valence-corrected chi connectivity index (χ0v) is 7.10. The van der Waals surface area contributed by atoms with E-state index >= 15 is 0 Å². The lowest BCUT2D eigenvalue weighted by Gasteiger charge is -2.34. The molecule has 0 atom stereocenters. The number of hydrogen-bond acceptors (Lipinski definition) is 2. The zero-order valence-electron chi connectivity index (χ0n) is 7.10. The van der Waals surface area contributed by atoms with Crippen molar-refractivity contribution in [3.05, 3.63) is 0 Å². The lowest BCUT2D eigenvalue weighted by atomic mass is 9.78. The number of amides is 2. The van der Waals surface area contributed by atoms with Gasteiger partial charge in [-0.2, -0.15) is 0 Å². The van der Waals surface area contributed by atoms with E-state index in [0.717, 1.165) is 18.8 Å². The third-order valence-electron chi connectivity index (χ3n) is 3.17. The molecular formula is C8H15N3O. The molecule has 0 unspecified atom stereocenters. The fourth-order valence-corrected chi connectivity index (χ4v) is 1.99. The van der Waals surface area contributed by atoms with Gasteiger partial charge in [0.2, 0.25) is 0 Å². The second-order valence-electron chi connectivity index (χ2n) is 3.88. The van der Waals surface area contributed by atoms with Gasteiger partial charge in [-0.05, 0) is 31.6 Å². The summed E-state index contributed by atoms with van der Waals surface area (Å²) >= 11 is 0. The molecule has 2 aliphatic rings. The van der Waals surface area contributed by atoms with Gasteiger partial charge in [0.25, 0.3) is 0 Å². The molecule has 0 heterocycles. The predicted molar refractivity (Wildman–Crippen MR) is 45.2 cm³/mol. The Morgan fingerprint density at radius 3 is 2.42 bits per heavy atom. The predicted octanol–water partition coefficient (Wildman–Crippen LogP) is 0.492. The molecule has 0 bridgehead atoms. The van der Waals surface area contributed by atoms with E-state index in [1.807, 2.05) is 0 Å². The first-order chi connectivity index (χ1) is 5.77. The van der Waals surface area contributed by atoms with Crippen molar-refractivity contribution in [2.75, 3.05) is 0 Å². The van der Waals surface area contributed by atoms with Gasteiger partial charge < -0.3 is 5.32 Å². The minimum Gasteiger partial charge on any atom is -0.331 e. The van der Waals surface area contributed by atoms with Gasteiger partial charge >= 0.3 is 6.03 Å². The summed E-state index contributed by atoms with van der Waals surface area (Å²) < 4.78 is 0. The summed E-state index contributed by atoms with van der Waals surface area (Å²) in [5.41, 5.74) is 2.24. The maximum absolute atomic E-state index is 11.0. The Balaban J connectivity index is 1.88. The highest BCUT2D eigenvalue weighted by atomic mass is 16.2. The average Bonchev–Trinajstić information content (AvgIpc) is 2.65. The van der Waals surface area contributed by atoms with Crippen LogP contribution in [0.2, 0.25) is 0 Å². The molecule has 0 saturated heterocycles. The molecule has 0 aromatic carbocycles. The summed E-state index contributed by atoms with van der Waals surface area (Å²) in [4.78, 5) is 11.0. The second kappa shape index (κ2) is 2.62. The molecule has 0 spiro atoms. The molecule has 2 amide bonds. The van der Waals surface area contributed by atoms with Crippen LogP contribution in [0.25, 0.3) is 0 Å². The van der Waals surface area contributed by atoms with Gasteiger partial charge in [0, 0.05) is 5.54 Å². The number of nitrogens with two attached hydrogens (primary N) is 1. The molecule has 2 rings (SSSR count).